The number of carbonyl (C=O) groups is 2. The van der Waals surface area contributed by atoms with Gasteiger partial charge >= 0.3 is 12.1 Å². The molecule has 0 radical (unpaired) electrons. The average molecular weight is 351 g/mol. The Kier molecular flexibility index (Phi) is 5.37. The van der Waals surface area contributed by atoms with Crippen molar-refractivity contribution in [2.75, 3.05) is 6.61 Å². The lowest BCUT2D eigenvalue weighted by Crippen LogP contribution is -2.37. The molecule has 0 saturated carbocycles. The number of nitrogens with one attached hydrogen (secondary N) is 1. The average Bonchev–Trinajstić information content (AvgIpc) is 2.94. The topological polar surface area (TPSA) is 75.6 Å². The highest BCUT2D eigenvalue weighted by atomic mass is 16.5. The summed E-state index contributed by atoms with van der Waals surface area (Å²) in [6, 6.07) is 15.7. The molecule has 1 aliphatic carbocycles. The minimum atomic E-state index is -0.976. The Morgan fingerprint density at radius 2 is 1.69 bits per heavy atom. The molecule has 2 N–H and O–H groups in total. The fourth-order valence-corrected chi connectivity index (χ4v) is 3.41. The van der Waals surface area contributed by atoms with Crippen LogP contribution in [0.25, 0.3) is 11.1 Å². The Hall–Kier alpha value is -3.08. The fourth-order valence-electron chi connectivity index (χ4n) is 3.41. The van der Waals surface area contributed by atoms with Gasteiger partial charge in [0.05, 0.1) is 6.42 Å². The van der Waals surface area contributed by atoms with Crippen molar-refractivity contribution in [3.63, 3.8) is 0 Å². The lowest BCUT2D eigenvalue weighted by Gasteiger charge is -2.18. The molecule has 2 aromatic carbocycles. The minimum absolute atomic E-state index is 0.0227. The van der Waals surface area contributed by atoms with E-state index < -0.39 is 18.1 Å². The molecule has 0 spiro atoms. The predicted molar refractivity (Wildman–Crippen MR) is 99.1 cm³/mol. The van der Waals surface area contributed by atoms with Gasteiger partial charge in [-0.05, 0) is 28.7 Å². The fraction of sp³-hybridized carbons (Fsp3) is 0.238. The molecule has 0 bridgehead atoms. The summed E-state index contributed by atoms with van der Waals surface area (Å²) in [5, 5.41) is 11.5. The van der Waals surface area contributed by atoms with Gasteiger partial charge in [-0.1, -0.05) is 54.6 Å². The molecule has 0 heterocycles. The van der Waals surface area contributed by atoms with Gasteiger partial charge in [0.1, 0.15) is 6.61 Å². The molecular weight excluding hydrogens is 330 g/mol. The molecular formula is C21H21NO4. The summed E-state index contributed by atoms with van der Waals surface area (Å²) in [5.41, 5.74) is 4.59. The second-order valence-electron chi connectivity index (χ2n) is 6.29. The van der Waals surface area contributed by atoms with Crippen LogP contribution in [-0.4, -0.2) is 29.8 Å². The Bertz CT molecular complexity index is 785. The van der Waals surface area contributed by atoms with Gasteiger partial charge in [0.25, 0.3) is 0 Å². The van der Waals surface area contributed by atoms with Crippen LogP contribution in [-0.2, 0) is 9.53 Å². The first-order chi connectivity index (χ1) is 12.6. The van der Waals surface area contributed by atoms with Crippen LogP contribution in [0.5, 0.6) is 0 Å². The van der Waals surface area contributed by atoms with Gasteiger partial charge in [-0.2, -0.15) is 0 Å². The number of ether oxygens (including phenoxy) is 1. The molecule has 0 aliphatic heterocycles. The molecule has 2 aromatic rings. The lowest BCUT2D eigenvalue weighted by molar-refractivity contribution is -0.137. The lowest BCUT2D eigenvalue weighted by atomic mass is 9.98. The van der Waals surface area contributed by atoms with Gasteiger partial charge in [0.2, 0.25) is 0 Å². The van der Waals surface area contributed by atoms with Crippen LogP contribution in [0.1, 0.15) is 29.9 Å². The molecule has 1 atom stereocenters. The summed E-state index contributed by atoms with van der Waals surface area (Å²) in [5.74, 6) is -0.999. The van der Waals surface area contributed by atoms with Gasteiger partial charge in [-0.25, -0.2) is 4.79 Å². The van der Waals surface area contributed by atoms with E-state index in [1.807, 2.05) is 36.4 Å². The maximum Gasteiger partial charge on any atom is 0.407 e. The summed E-state index contributed by atoms with van der Waals surface area (Å²) < 4.78 is 5.42. The van der Waals surface area contributed by atoms with Crippen molar-refractivity contribution >= 4 is 12.1 Å². The number of benzene rings is 2. The van der Waals surface area contributed by atoms with Crippen LogP contribution in [0, 0.1) is 0 Å². The number of hydrogen-bond acceptors (Lipinski definition) is 3. The number of alkyl carbamates (subject to hydrolysis) is 1. The van der Waals surface area contributed by atoms with Crippen molar-refractivity contribution < 1.29 is 19.4 Å². The number of rotatable bonds is 7. The van der Waals surface area contributed by atoms with Crippen LogP contribution < -0.4 is 5.32 Å². The van der Waals surface area contributed by atoms with Crippen LogP contribution in [0.4, 0.5) is 4.79 Å². The van der Waals surface area contributed by atoms with Crippen LogP contribution in [0.3, 0.4) is 0 Å². The number of carboxylic acids is 1. The number of amides is 1. The number of fused-ring (bicyclic) bond motifs is 3. The standard InChI is InChI=1S/C21H21NO4/c1-2-7-14(12-20(23)24)22-21(25)26-13-19-17-10-5-3-8-15(17)16-9-4-6-11-18(16)19/h2-6,8-11,14,19H,1,7,12-13H2,(H,22,25)(H,23,24). The second kappa shape index (κ2) is 7.87. The largest absolute Gasteiger partial charge is 0.481 e. The molecule has 5 nitrogen and oxygen atoms in total. The third-order valence-electron chi connectivity index (χ3n) is 4.54. The Balaban J connectivity index is 1.68. The number of hydrogen-bond donors (Lipinski definition) is 2. The Morgan fingerprint density at radius 1 is 1.12 bits per heavy atom. The molecule has 1 amide bonds. The van der Waals surface area contributed by atoms with E-state index in [0.29, 0.717) is 6.42 Å². The summed E-state index contributed by atoms with van der Waals surface area (Å²) in [6.45, 7) is 3.79. The first-order valence-electron chi connectivity index (χ1n) is 8.54. The van der Waals surface area contributed by atoms with E-state index in [4.69, 9.17) is 9.84 Å². The van der Waals surface area contributed by atoms with Crippen LogP contribution >= 0.6 is 0 Å². The first-order valence-corrected chi connectivity index (χ1v) is 8.54. The molecule has 5 heteroatoms. The molecule has 26 heavy (non-hydrogen) atoms. The van der Waals surface area contributed by atoms with Gasteiger partial charge in [0, 0.05) is 12.0 Å². The van der Waals surface area contributed by atoms with Gasteiger partial charge in [-0.3, -0.25) is 4.79 Å². The number of carbonyl (C=O) groups excluding carboxylic acids is 1. The second-order valence-corrected chi connectivity index (χ2v) is 6.29. The van der Waals surface area contributed by atoms with E-state index in [1.165, 1.54) is 0 Å². The molecule has 0 fully saturated rings. The van der Waals surface area contributed by atoms with Crippen molar-refractivity contribution in [3.8, 4) is 11.1 Å². The maximum absolute atomic E-state index is 12.1. The zero-order valence-electron chi connectivity index (χ0n) is 14.4. The van der Waals surface area contributed by atoms with Crippen molar-refractivity contribution in [3.05, 3.63) is 72.3 Å². The molecule has 1 aliphatic rings. The molecule has 3 rings (SSSR count). The first kappa shape index (κ1) is 17.7. The SMILES string of the molecule is C=CCC(CC(=O)O)NC(=O)OCC1c2ccccc2-c2ccccc21. The Morgan fingerprint density at radius 3 is 2.23 bits per heavy atom. The predicted octanol–water partition coefficient (Wildman–Crippen LogP) is 3.94. The van der Waals surface area contributed by atoms with E-state index in [-0.39, 0.29) is 18.9 Å². The summed E-state index contributed by atoms with van der Waals surface area (Å²) in [7, 11) is 0. The van der Waals surface area contributed by atoms with E-state index in [9.17, 15) is 9.59 Å². The monoisotopic (exact) mass is 351 g/mol. The highest BCUT2D eigenvalue weighted by Gasteiger charge is 2.29. The molecule has 0 aromatic heterocycles. The summed E-state index contributed by atoms with van der Waals surface area (Å²) in [4.78, 5) is 23.0. The van der Waals surface area contributed by atoms with Gasteiger partial charge < -0.3 is 15.2 Å². The zero-order valence-corrected chi connectivity index (χ0v) is 14.4. The highest BCUT2D eigenvalue weighted by Crippen LogP contribution is 2.44. The Labute approximate surface area is 152 Å². The van der Waals surface area contributed by atoms with E-state index in [1.54, 1.807) is 6.08 Å². The molecule has 1 unspecified atom stereocenters. The third kappa shape index (κ3) is 3.77. The highest BCUT2D eigenvalue weighted by molar-refractivity contribution is 5.79. The summed E-state index contributed by atoms with van der Waals surface area (Å²) >= 11 is 0. The number of carboxylic acid groups (broad SMARTS) is 1. The van der Waals surface area contributed by atoms with Crippen molar-refractivity contribution in [1.29, 1.82) is 0 Å². The summed E-state index contributed by atoms with van der Waals surface area (Å²) in [6.07, 6.45) is 1.17. The third-order valence-corrected chi connectivity index (χ3v) is 4.54. The van der Waals surface area contributed by atoms with Gasteiger partial charge in [-0.15, -0.1) is 6.58 Å². The van der Waals surface area contributed by atoms with Crippen LogP contribution in [0.2, 0.25) is 0 Å². The maximum atomic E-state index is 12.1. The van der Waals surface area contributed by atoms with Crippen LogP contribution in [0.15, 0.2) is 61.2 Å². The van der Waals surface area contributed by atoms with Crippen molar-refractivity contribution in [2.24, 2.45) is 0 Å². The van der Waals surface area contributed by atoms with E-state index in [2.05, 4.69) is 24.0 Å². The van der Waals surface area contributed by atoms with Crippen molar-refractivity contribution in [2.45, 2.75) is 24.8 Å². The minimum Gasteiger partial charge on any atom is -0.481 e. The molecule has 0 saturated heterocycles. The molecule has 134 valence electrons. The smallest absolute Gasteiger partial charge is 0.407 e. The van der Waals surface area contributed by atoms with Crippen molar-refractivity contribution in [1.82, 2.24) is 5.32 Å². The van der Waals surface area contributed by atoms with E-state index in [0.717, 1.165) is 22.3 Å². The zero-order chi connectivity index (χ0) is 18.5. The van der Waals surface area contributed by atoms with E-state index >= 15 is 0 Å². The quantitative estimate of drug-likeness (QED) is 0.741. The number of aliphatic carboxylic acids is 1. The van der Waals surface area contributed by atoms with Gasteiger partial charge in [0.15, 0.2) is 0 Å². The normalized spacial score (nSPS) is 13.4.